The molecule has 0 spiro atoms. The van der Waals surface area contributed by atoms with E-state index >= 15 is 0 Å². The molecule has 1 amide bonds. The van der Waals surface area contributed by atoms with Gasteiger partial charge in [0.25, 0.3) is 5.91 Å². The molecule has 162 valence electrons. The van der Waals surface area contributed by atoms with E-state index in [1.165, 1.54) is 45.4 Å². The van der Waals surface area contributed by atoms with E-state index in [-0.39, 0.29) is 10.7 Å². The molecule has 0 radical (unpaired) electrons. The number of nitrogens with zero attached hydrogens (tertiary/aromatic N) is 3. The Morgan fingerprint density at radius 2 is 1.65 bits per heavy atom. The number of hydrogen-bond acceptors (Lipinski definition) is 4. The summed E-state index contributed by atoms with van der Waals surface area (Å²) in [4.78, 5) is 12.9. The van der Waals surface area contributed by atoms with Crippen LogP contribution in [0.4, 0.5) is 10.2 Å². The van der Waals surface area contributed by atoms with Crippen LogP contribution in [0.5, 0.6) is 0 Å². The average Bonchev–Trinajstić information content (AvgIpc) is 3.15. The lowest BCUT2D eigenvalue weighted by Crippen LogP contribution is -2.35. The van der Waals surface area contributed by atoms with E-state index in [1.807, 2.05) is 0 Å². The molecule has 4 rings (SSSR count). The van der Waals surface area contributed by atoms with Gasteiger partial charge in [-0.3, -0.25) is 4.79 Å². The van der Waals surface area contributed by atoms with Crippen molar-refractivity contribution in [3.05, 3.63) is 71.7 Å². The first-order valence-electron chi connectivity index (χ1n) is 10.1. The monoisotopic (exact) mass is 442 g/mol. The van der Waals surface area contributed by atoms with Crippen LogP contribution in [0.2, 0.25) is 0 Å². The molecule has 7 nitrogen and oxygen atoms in total. The van der Waals surface area contributed by atoms with E-state index in [0.29, 0.717) is 35.9 Å². The van der Waals surface area contributed by atoms with Gasteiger partial charge < -0.3 is 5.32 Å². The molecule has 1 aliphatic rings. The van der Waals surface area contributed by atoms with Crippen LogP contribution in [0.25, 0.3) is 5.69 Å². The minimum Gasteiger partial charge on any atom is -0.306 e. The molecule has 0 aliphatic carbocycles. The number of sulfonamides is 1. The molecule has 2 heterocycles. The summed E-state index contributed by atoms with van der Waals surface area (Å²) < 4.78 is 41.8. The molecule has 0 unspecified atom stereocenters. The summed E-state index contributed by atoms with van der Waals surface area (Å²) >= 11 is 0. The Balaban J connectivity index is 1.53. The molecule has 0 saturated carbocycles. The van der Waals surface area contributed by atoms with Crippen molar-refractivity contribution in [1.82, 2.24) is 14.1 Å². The highest BCUT2D eigenvalue weighted by Gasteiger charge is 2.26. The summed E-state index contributed by atoms with van der Waals surface area (Å²) in [7, 11) is -3.55. The van der Waals surface area contributed by atoms with Gasteiger partial charge in [0.1, 0.15) is 11.6 Å². The summed E-state index contributed by atoms with van der Waals surface area (Å²) in [6.07, 6.45) is 2.76. The standard InChI is InChI=1S/C22H23FN4O3S/c1-16-15-21(27(25-16)19-9-7-18(23)8-10-19)24-22(28)17-5-11-20(12-6-17)31(29,30)26-13-3-2-4-14-26/h5-12,15H,2-4,13-14H2,1H3,(H,24,28). The van der Waals surface area contributed by atoms with Gasteiger partial charge >= 0.3 is 0 Å². The van der Waals surface area contributed by atoms with Crippen LogP contribution in [-0.2, 0) is 10.0 Å². The molecule has 1 aromatic heterocycles. The fraction of sp³-hybridized carbons (Fsp3) is 0.273. The van der Waals surface area contributed by atoms with Gasteiger partial charge in [0, 0.05) is 24.7 Å². The van der Waals surface area contributed by atoms with Crippen molar-refractivity contribution >= 4 is 21.7 Å². The Hall–Kier alpha value is -3.04. The number of hydrogen-bond donors (Lipinski definition) is 1. The quantitative estimate of drug-likeness (QED) is 0.652. The third-order valence-electron chi connectivity index (χ3n) is 5.21. The third-order valence-corrected chi connectivity index (χ3v) is 7.13. The maximum atomic E-state index is 13.2. The van der Waals surface area contributed by atoms with Gasteiger partial charge in [-0.1, -0.05) is 6.42 Å². The second-order valence-electron chi connectivity index (χ2n) is 7.50. The number of aryl methyl sites for hydroxylation is 1. The van der Waals surface area contributed by atoms with Gasteiger partial charge in [0.15, 0.2) is 0 Å². The fourth-order valence-electron chi connectivity index (χ4n) is 3.59. The molecule has 0 bridgehead atoms. The van der Waals surface area contributed by atoms with E-state index in [0.717, 1.165) is 19.3 Å². The van der Waals surface area contributed by atoms with Crippen LogP contribution >= 0.6 is 0 Å². The van der Waals surface area contributed by atoms with Crippen molar-refractivity contribution in [2.75, 3.05) is 18.4 Å². The van der Waals surface area contributed by atoms with Crippen LogP contribution in [0, 0.1) is 12.7 Å². The van der Waals surface area contributed by atoms with Gasteiger partial charge in [-0.25, -0.2) is 17.5 Å². The Kier molecular flexibility index (Phi) is 5.88. The van der Waals surface area contributed by atoms with Gasteiger partial charge in [0.05, 0.1) is 16.3 Å². The highest BCUT2D eigenvalue weighted by molar-refractivity contribution is 7.89. The van der Waals surface area contributed by atoms with Crippen LogP contribution < -0.4 is 5.32 Å². The highest BCUT2D eigenvalue weighted by atomic mass is 32.2. The number of benzene rings is 2. The third kappa shape index (κ3) is 4.52. The number of halogens is 1. The van der Waals surface area contributed by atoms with Crippen molar-refractivity contribution in [3.63, 3.8) is 0 Å². The van der Waals surface area contributed by atoms with E-state index in [2.05, 4.69) is 10.4 Å². The largest absolute Gasteiger partial charge is 0.306 e. The summed E-state index contributed by atoms with van der Waals surface area (Å²) in [5.74, 6) is -0.331. The maximum absolute atomic E-state index is 13.2. The molecule has 2 aromatic carbocycles. The highest BCUT2D eigenvalue weighted by Crippen LogP contribution is 2.22. The fourth-order valence-corrected chi connectivity index (χ4v) is 5.11. The molecule has 1 fully saturated rings. The van der Waals surface area contributed by atoms with Crippen LogP contribution in [0.1, 0.15) is 35.3 Å². The predicted octanol–water partition coefficient (Wildman–Crippen LogP) is 3.75. The van der Waals surface area contributed by atoms with E-state index in [1.54, 1.807) is 25.1 Å². The lowest BCUT2D eigenvalue weighted by Gasteiger charge is -2.25. The number of piperidine rings is 1. The number of amides is 1. The second kappa shape index (κ2) is 8.60. The number of carbonyl (C=O) groups is 1. The van der Waals surface area contributed by atoms with Crippen LogP contribution in [0.3, 0.4) is 0 Å². The van der Waals surface area contributed by atoms with Crippen molar-refractivity contribution in [1.29, 1.82) is 0 Å². The zero-order valence-electron chi connectivity index (χ0n) is 17.1. The average molecular weight is 443 g/mol. The molecule has 0 atom stereocenters. The Morgan fingerprint density at radius 1 is 1.00 bits per heavy atom. The number of aromatic nitrogens is 2. The van der Waals surface area contributed by atoms with E-state index < -0.39 is 15.9 Å². The van der Waals surface area contributed by atoms with E-state index in [4.69, 9.17) is 0 Å². The zero-order chi connectivity index (χ0) is 22.0. The lowest BCUT2D eigenvalue weighted by molar-refractivity contribution is 0.102. The normalized spacial score (nSPS) is 15.0. The zero-order valence-corrected chi connectivity index (χ0v) is 17.9. The smallest absolute Gasteiger partial charge is 0.256 e. The lowest BCUT2D eigenvalue weighted by atomic mass is 10.2. The molecule has 1 saturated heterocycles. The van der Waals surface area contributed by atoms with Gasteiger partial charge in [0.2, 0.25) is 10.0 Å². The molecular weight excluding hydrogens is 419 g/mol. The van der Waals surface area contributed by atoms with Crippen LogP contribution in [0.15, 0.2) is 59.5 Å². The molecule has 31 heavy (non-hydrogen) atoms. The first-order chi connectivity index (χ1) is 14.8. The summed E-state index contributed by atoms with van der Waals surface area (Å²) in [5.41, 5.74) is 1.61. The first kappa shape index (κ1) is 21.2. The molecule has 9 heteroatoms. The predicted molar refractivity (Wildman–Crippen MR) is 115 cm³/mol. The van der Waals surface area contributed by atoms with Crippen molar-refractivity contribution in [2.45, 2.75) is 31.1 Å². The number of carbonyl (C=O) groups excluding carboxylic acids is 1. The minimum atomic E-state index is -3.55. The molecule has 3 aromatic rings. The maximum Gasteiger partial charge on any atom is 0.256 e. The first-order valence-corrected chi connectivity index (χ1v) is 11.5. The van der Waals surface area contributed by atoms with Gasteiger partial charge in [-0.05, 0) is 68.3 Å². The summed E-state index contributed by atoms with van der Waals surface area (Å²) in [5, 5.41) is 7.14. The van der Waals surface area contributed by atoms with Crippen molar-refractivity contribution in [3.8, 4) is 5.69 Å². The molecule has 1 N–H and O–H groups in total. The number of nitrogens with one attached hydrogen (secondary N) is 1. The molecular formula is C22H23FN4O3S. The van der Waals surface area contributed by atoms with Crippen LogP contribution in [-0.4, -0.2) is 41.5 Å². The van der Waals surface area contributed by atoms with Crippen molar-refractivity contribution < 1.29 is 17.6 Å². The SMILES string of the molecule is Cc1cc(NC(=O)c2ccc(S(=O)(=O)N3CCCCC3)cc2)n(-c2ccc(F)cc2)n1. The van der Waals surface area contributed by atoms with E-state index in [9.17, 15) is 17.6 Å². The number of anilines is 1. The molecule has 1 aliphatic heterocycles. The van der Waals surface area contributed by atoms with Crippen molar-refractivity contribution in [2.24, 2.45) is 0 Å². The van der Waals surface area contributed by atoms with Gasteiger partial charge in [-0.2, -0.15) is 9.40 Å². The van der Waals surface area contributed by atoms with Gasteiger partial charge in [-0.15, -0.1) is 0 Å². The second-order valence-corrected chi connectivity index (χ2v) is 9.44. The Labute approximate surface area is 180 Å². The summed E-state index contributed by atoms with van der Waals surface area (Å²) in [6.45, 7) is 2.84. The topological polar surface area (TPSA) is 84.3 Å². The minimum absolute atomic E-state index is 0.179. The number of rotatable bonds is 5. The summed E-state index contributed by atoms with van der Waals surface area (Å²) in [6, 6.07) is 13.4. The Bertz CT molecular complexity index is 1180. The Morgan fingerprint density at radius 3 is 2.29 bits per heavy atom.